The Hall–Kier alpha value is -2.05. The number of cyclic esters (lactones) is 1. The van der Waals surface area contributed by atoms with E-state index < -0.39 is 0 Å². The van der Waals surface area contributed by atoms with Gasteiger partial charge < -0.3 is 14.2 Å². The maximum absolute atomic E-state index is 12.7. The number of hydrogen-bond donors (Lipinski definition) is 0. The molecule has 0 aliphatic carbocycles. The highest BCUT2D eigenvalue weighted by Gasteiger charge is 2.45. The van der Waals surface area contributed by atoms with Gasteiger partial charge >= 0.3 is 5.97 Å². The molecule has 154 valence electrons. The number of fused-ring (bicyclic) bond motifs is 1. The molecule has 0 saturated carbocycles. The normalized spacial score (nSPS) is 27.1. The highest BCUT2D eigenvalue weighted by atomic mass is 79.9. The second kappa shape index (κ2) is 8.76. The van der Waals surface area contributed by atoms with Crippen molar-refractivity contribution in [3.63, 3.8) is 0 Å². The van der Waals surface area contributed by atoms with Crippen molar-refractivity contribution in [3.8, 4) is 11.5 Å². The number of methoxy groups -OCH3 is 1. The molecular formula is C23H26BrNO4. The zero-order chi connectivity index (χ0) is 20.4. The monoisotopic (exact) mass is 459 g/mol. The van der Waals surface area contributed by atoms with Crippen LogP contribution in [0.4, 0.5) is 0 Å². The fraction of sp³-hybridized carbons (Fsp3) is 0.435. The first kappa shape index (κ1) is 20.2. The number of piperidine rings is 1. The summed E-state index contributed by atoms with van der Waals surface area (Å²) in [6.07, 6.45) is 1.58. The first-order valence-electron chi connectivity index (χ1n) is 10.0. The number of benzene rings is 2. The minimum atomic E-state index is -0.288. The van der Waals surface area contributed by atoms with E-state index in [1.54, 1.807) is 7.11 Å². The third-order valence-electron chi connectivity index (χ3n) is 5.87. The molecule has 4 atom stereocenters. The zero-order valence-electron chi connectivity index (χ0n) is 16.7. The SMILES string of the molecule is COc1ccc(OC[C@H]2CN3[C@@H](CC[C@@H](C)[C@@H]3c3ccc(Br)cc3)C(=O)O2)cc1. The predicted octanol–water partition coefficient (Wildman–Crippen LogP) is 4.60. The van der Waals surface area contributed by atoms with Gasteiger partial charge in [-0.15, -0.1) is 0 Å². The van der Waals surface area contributed by atoms with Gasteiger partial charge in [0.05, 0.1) is 7.11 Å². The van der Waals surface area contributed by atoms with Crippen LogP contribution in [0.2, 0.25) is 0 Å². The predicted molar refractivity (Wildman–Crippen MR) is 114 cm³/mol. The summed E-state index contributed by atoms with van der Waals surface area (Å²) in [5.74, 6) is 1.86. The van der Waals surface area contributed by atoms with E-state index >= 15 is 0 Å². The van der Waals surface area contributed by atoms with E-state index in [9.17, 15) is 4.79 Å². The van der Waals surface area contributed by atoms with Crippen LogP contribution in [0, 0.1) is 5.92 Å². The van der Waals surface area contributed by atoms with Gasteiger partial charge in [-0.25, -0.2) is 0 Å². The molecule has 0 N–H and O–H groups in total. The molecule has 0 unspecified atom stereocenters. The summed E-state index contributed by atoms with van der Waals surface area (Å²) < 4.78 is 17.8. The molecule has 4 rings (SSSR count). The first-order chi connectivity index (χ1) is 14.0. The van der Waals surface area contributed by atoms with Gasteiger partial charge in [0.1, 0.15) is 30.3 Å². The van der Waals surface area contributed by atoms with Gasteiger partial charge in [-0.2, -0.15) is 0 Å². The Balaban J connectivity index is 1.48. The maximum Gasteiger partial charge on any atom is 0.323 e. The van der Waals surface area contributed by atoms with E-state index in [1.165, 1.54) is 5.56 Å². The molecule has 2 aliphatic heterocycles. The van der Waals surface area contributed by atoms with Gasteiger partial charge in [0, 0.05) is 17.1 Å². The lowest BCUT2D eigenvalue weighted by Gasteiger charge is -2.48. The standard InChI is InChI=1S/C23H26BrNO4/c1-15-3-12-21-23(26)29-20(14-28-19-10-8-18(27-2)9-11-19)13-25(21)22(15)16-4-6-17(24)7-5-16/h4-11,15,20-22H,3,12-14H2,1-2H3/t15-,20-,21+,22-/m1/s1. The third kappa shape index (κ3) is 4.43. The number of hydrogen-bond acceptors (Lipinski definition) is 5. The lowest BCUT2D eigenvalue weighted by atomic mass is 9.82. The molecule has 2 aromatic carbocycles. The quantitative estimate of drug-likeness (QED) is 0.611. The fourth-order valence-electron chi connectivity index (χ4n) is 4.40. The van der Waals surface area contributed by atoms with Gasteiger partial charge in [0.15, 0.2) is 0 Å². The van der Waals surface area contributed by atoms with Crippen molar-refractivity contribution in [2.24, 2.45) is 5.92 Å². The maximum atomic E-state index is 12.7. The second-order valence-corrected chi connectivity index (χ2v) is 8.72. The Morgan fingerprint density at radius 2 is 1.76 bits per heavy atom. The van der Waals surface area contributed by atoms with Crippen molar-refractivity contribution in [2.45, 2.75) is 38.0 Å². The topological polar surface area (TPSA) is 48.0 Å². The van der Waals surface area contributed by atoms with E-state index in [-0.39, 0.29) is 24.2 Å². The lowest BCUT2D eigenvalue weighted by molar-refractivity contribution is -0.176. The molecule has 0 spiro atoms. The molecule has 2 aromatic rings. The van der Waals surface area contributed by atoms with Crippen LogP contribution in [0.5, 0.6) is 11.5 Å². The molecule has 2 aliphatic rings. The Labute approximate surface area is 180 Å². The highest BCUT2D eigenvalue weighted by molar-refractivity contribution is 9.10. The number of nitrogens with zero attached hydrogens (tertiary/aromatic N) is 1. The molecular weight excluding hydrogens is 434 g/mol. The molecule has 6 heteroatoms. The molecule has 29 heavy (non-hydrogen) atoms. The van der Waals surface area contributed by atoms with Crippen molar-refractivity contribution in [1.82, 2.24) is 4.90 Å². The van der Waals surface area contributed by atoms with Crippen molar-refractivity contribution in [3.05, 3.63) is 58.6 Å². The summed E-state index contributed by atoms with van der Waals surface area (Å²) in [7, 11) is 1.63. The number of halogens is 1. The average molecular weight is 460 g/mol. The van der Waals surface area contributed by atoms with Crippen molar-refractivity contribution < 1.29 is 19.0 Å². The van der Waals surface area contributed by atoms with Crippen molar-refractivity contribution in [2.75, 3.05) is 20.3 Å². The van der Waals surface area contributed by atoms with Crippen LogP contribution in [0.3, 0.4) is 0 Å². The average Bonchev–Trinajstić information content (AvgIpc) is 2.73. The minimum Gasteiger partial charge on any atom is -0.497 e. The van der Waals surface area contributed by atoms with Gasteiger partial charge in [-0.05, 0) is 60.7 Å². The van der Waals surface area contributed by atoms with Crippen LogP contribution in [-0.2, 0) is 9.53 Å². The molecule has 5 nitrogen and oxygen atoms in total. The minimum absolute atomic E-state index is 0.131. The third-order valence-corrected chi connectivity index (χ3v) is 6.40. The second-order valence-electron chi connectivity index (χ2n) is 7.81. The molecule has 0 radical (unpaired) electrons. The van der Waals surface area contributed by atoms with Crippen LogP contribution in [0.15, 0.2) is 53.0 Å². The molecule has 2 heterocycles. The van der Waals surface area contributed by atoms with Crippen LogP contribution in [-0.4, -0.2) is 43.3 Å². The van der Waals surface area contributed by atoms with E-state index in [0.29, 0.717) is 19.1 Å². The molecule has 0 amide bonds. The Morgan fingerprint density at radius 1 is 1.07 bits per heavy atom. The number of rotatable bonds is 5. The van der Waals surface area contributed by atoms with Crippen LogP contribution in [0.1, 0.15) is 31.4 Å². The Bertz CT molecular complexity index is 839. The van der Waals surface area contributed by atoms with Crippen molar-refractivity contribution >= 4 is 21.9 Å². The number of carbonyl (C=O) groups is 1. The Kier molecular flexibility index (Phi) is 6.11. The smallest absolute Gasteiger partial charge is 0.323 e. The van der Waals surface area contributed by atoms with Crippen LogP contribution >= 0.6 is 15.9 Å². The van der Waals surface area contributed by atoms with E-state index in [1.807, 2.05) is 24.3 Å². The largest absolute Gasteiger partial charge is 0.497 e. The van der Waals surface area contributed by atoms with Gasteiger partial charge in [-0.1, -0.05) is 35.0 Å². The van der Waals surface area contributed by atoms with Gasteiger partial charge in [-0.3, -0.25) is 9.69 Å². The molecule has 2 saturated heterocycles. The Morgan fingerprint density at radius 3 is 2.45 bits per heavy atom. The van der Waals surface area contributed by atoms with E-state index in [0.717, 1.165) is 28.8 Å². The summed E-state index contributed by atoms with van der Waals surface area (Å²) in [6, 6.07) is 15.9. The first-order valence-corrected chi connectivity index (χ1v) is 10.8. The summed E-state index contributed by atoms with van der Waals surface area (Å²) >= 11 is 3.51. The summed E-state index contributed by atoms with van der Waals surface area (Å²) in [4.78, 5) is 15.1. The van der Waals surface area contributed by atoms with Gasteiger partial charge in [0.25, 0.3) is 0 Å². The number of esters is 1. The summed E-state index contributed by atoms with van der Waals surface area (Å²) in [5.41, 5.74) is 1.25. The van der Waals surface area contributed by atoms with Gasteiger partial charge in [0.2, 0.25) is 0 Å². The highest BCUT2D eigenvalue weighted by Crippen LogP contribution is 2.41. The number of morpholine rings is 1. The van der Waals surface area contributed by atoms with Crippen molar-refractivity contribution in [1.29, 1.82) is 0 Å². The van der Waals surface area contributed by atoms with Crippen LogP contribution < -0.4 is 9.47 Å². The zero-order valence-corrected chi connectivity index (χ0v) is 18.3. The summed E-state index contributed by atoms with van der Waals surface area (Å²) in [5, 5.41) is 0. The molecule has 0 bridgehead atoms. The lowest BCUT2D eigenvalue weighted by Crippen LogP contribution is -2.58. The fourth-order valence-corrected chi connectivity index (χ4v) is 4.67. The summed E-state index contributed by atoms with van der Waals surface area (Å²) in [6.45, 7) is 3.28. The van der Waals surface area contributed by atoms with E-state index in [2.05, 4.69) is 52.0 Å². The van der Waals surface area contributed by atoms with E-state index in [4.69, 9.17) is 14.2 Å². The van der Waals surface area contributed by atoms with Crippen LogP contribution in [0.25, 0.3) is 0 Å². The number of ether oxygens (including phenoxy) is 3. The number of carbonyl (C=O) groups excluding carboxylic acids is 1. The molecule has 0 aromatic heterocycles. The molecule has 2 fully saturated rings.